The van der Waals surface area contributed by atoms with Crippen molar-refractivity contribution >= 4 is 41.5 Å². The van der Waals surface area contributed by atoms with Gasteiger partial charge in [0.15, 0.2) is 5.96 Å². The van der Waals surface area contributed by atoms with E-state index >= 15 is 0 Å². The Hall–Kier alpha value is -0.560. The van der Waals surface area contributed by atoms with E-state index in [2.05, 4.69) is 17.2 Å². The van der Waals surface area contributed by atoms with Crippen molar-refractivity contribution in [2.24, 2.45) is 10.7 Å². The molecule has 0 aromatic heterocycles. The van der Waals surface area contributed by atoms with Crippen LogP contribution >= 0.6 is 35.6 Å². The first-order chi connectivity index (χ1) is 9.07. The van der Waals surface area contributed by atoms with Gasteiger partial charge in [-0.15, -0.1) is 24.0 Å². The third kappa shape index (κ3) is 4.22. The molecule has 1 aliphatic rings. The second kappa shape index (κ2) is 7.45. The van der Waals surface area contributed by atoms with Crippen molar-refractivity contribution in [2.75, 3.05) is 13.1 Å². The smallest absolute Gasteiger partial charge is 0.188 e. The molecule has 1 aliphatic carbocycles. The molecule has 0 bridgehead atoms. The van der Waals surface area contributed by atoms with Gasteiger partial charge >= 0.3 is 0 Å². The van der Waals surface area contributed by atoms with Crippen LogP contribution < -0.4 is 11.1 Å². The third-order valence-corrected chi connectivity index (χ3v) is 3.78. The van der Waals surface area contributed by atoms with Crippen LogP contribution in [0.1, 0.15) is 31.7 Å². The van der Waals surface area contributed by atoms with Gasteiger partial charge in [-0.2, -0.15) is 0 Å². The Morgan fingerprint density at radius 3 is 2.75 bits per heavy atom. The Morgan fingerprint density at radius 1 is 1.50 bits per heavy atom. The molecule has 0 heterocycles. The van der Waals surface area contributed by atoms with Crippen LogP contribution in [-0.4, -0.2) is 19.0 Å². The van der Waals surface area contributed by atoms with Crippen LogP contribution in [0.15, 0.2) is 23.2 Å². The summed E-state index contributed by atoms with van der Waals surface area (Å²) in [6.45, 7) is 3.49. The molecule has 112 valence electrons. The first-order valence-electron chi connectivity index (χ1n) is 6.57. The Bertz CT molecular complexity index is 489. The number of nitrogens with zero attached hydrogens (tertiary/aromatic N) is 1. The maximum Gasteiger partial charge on any atom is 0.188 e. The predicted octanol–water partition coefficient (Wildman–Crippen LogP) is 3.44. The fraction of sp³-hybridized carbons (Fsp3) is 0.500. The largest absolute Gasteiger partial charge is 0.370 e. The van der Waals surface area contributed by atoms with Crippen LogP contribution in [0, 0.1) is 5.82 Å². The van der Waals surface area contributed by atoms with E-state index in [1.165, 1.54) is 12.1 Å². The first-order valence-corrected chi connectivity index (χ1v) is 6.94. The van der Waals surface area contributed by atoms with Crippen LogP contribution in [0.5, 0.6) is 0 Å². The van der Waals surface area contributed by atoms with Gasteiger partial charge in [-0.25, -0.2) is 4.39 Å². The lowest BCUT2D eigenvalue weighted by Gasteiger charge is -2.15. The average molecular weight is 412 g/mol. The minimum Gasteiger partial charge on any atom is -0.370 e. The van der Waals surface area contributed by atoms with E-state index in [0.717, 1.165) is 31.4 Å². The van der Waals surface area contributed by atoms with Gasteiger partial charge in [0.2, 0.25) is 0 Å². The normalized spacial score (nSPS) is 16.4. The molecule has 0 atom stereocenters. The van der Waals surface area contributed by atoms with E-state index in [0.29, 0.717) is 17.5 Å². The standard InChI is InChI=1S/C14H19ClFN3.HI/c1-2-7-18-13(17)19-9-14(5-6-14)11-4-3-10(16)8-12(11)15;/h3-4,8H,2,5-7,9H2,1H3,(H3,17,18,19);1H. The van der Waals surface area contributed by atoms with Crippen LogP contribution in [0.3, 0.4) is 0 Å². The molecule has 3 nitrogen and oxygen atoms in total. The maximum atomic E-state index is 13.1. The maximum absolute atomic E-state index is 13.1. The summed E-state index contributed by atoms with van der Waals surface area (Å²) in [6, 6.07) is 4.57. The van der Waals surface area contributed by atoms with Gasteiger partial charge in [0.05, 0.1) is 6.54 Å². The molecule has 2 rings (SSSR count). The van der Waals surface area contributed by atoms with Gasteiger partial charge in [0.25, 0.3) is 0 Å². The van der Waals surface area contributed by atoms with E-state index in [4.69, 9.17) is 17.3 Å². The highest BCUT2D eigenvalue weighted by Crippen LogP contribution is 2.50. The molecule has 3 N–H and O–H groups in total. The van der Waals surface area contributed by atoms with Crippen LogP contribution in [0.25, 0.3) is 0 Å². The lowest BCUT2D eigenvalue weighted by Crippen LogP contribution is -2.33. The van der Waals surface area contributed by atoms with Crippen molar-refractivity contribution < 1.29 is 4.39 Å². The minimum absolute atomic E-state index is 0. The van der Waals surface area contributed by atoms with Crippen molar-refractivity contribution in [1.29, 1.82) is 0 Å². The SMILES string of the molecule is CCCNC(N)=NCC1(c2ccc(F)cc2Cl)CC1.I. The fourth-order valence-electron chi connectivity index (χ4n) is 2.13. The van der Waals surface area contributed by atoms with Gasteiger partial charge in [-0.1, -0.05) is 24.6 Å². The number of hydrogen-bond donors (Lipinski definition) is 2. The van der Waals surface area contributed by atoms with Gasteiger partial charge in [-0.3, -0.25) is 4.99 Å². The van der Waals surface area contributed by atoms with Gasteiger partial charge < -0.3 is 11.1 Å². The van der Waals surface area contributed by atoms with Crippen molar-refractivity contribution in [3.05, 3.63) is 34.6 Å². The molecule has 1 aromatic rings. The van der Waals surface area contributed by atoms with Crippen molar-refractivity contribution in [2.45, 2.75) is 31.6 Å². The minimum atomic E-state index is -0.308. The molecule has 0 spiro atoms. The van der Waals surface area contributed by atoms with E-state index in [9.17, 15) is 4.39 Å². The van der Waals surface area contributed by atoms with E-state index in [1.54, 1.807) is 6.07 Å². The molecule has 20 heavy (non-hydrogen) atoms. The molecule has 0 unspecified atom stereocenters. The monoisotopic (exact) mass is 411 g/mol. The topological polar surface area (TPSA) is 50.4 Å². The molecule has 0 radical (unpaired) electrons. The van der Waals surface area contributed by atoms with Gasteiger partial charge in [0, 0.05) is 17.0 Å². The number of guanidine groups is 1. The summed E-state index contributed by atoms with van der Waals surface area (Å²) in [6.07, 6.45) is 3.04. The lowest BCUT2D eigenvalue weighted by molar-refractivity contribution is 0.623. The van der Waals surface area contributed by atoms with Crippen molar-refractivity contribution in [3.8, 4) is 0 Å². The predicted molar refractivity (Wildman–Crippen MR) is 92.5 cm³/mol. The Balaban J connectivity index is 0.00000200. The number of aliphatic imine (C=N–C) groups is 1. The summed E-state index contributed by atoms with van der Waals surface area (Å²) in [5.74, 6) is 0.156. The van der Waals surface area contributed by atoms with E-state index < -0.39 is 0 Å². The number of nitrogens with one attached hydrogen (secondary N) is 1. The number of nitrogens with two attached hydrogens (primary N) is 1. The zero-order valence-electron chi connectivity index (χ0n) is 11.5. The summed E-state index contributed by atoms with van der Waals surface area (Å²) >= 11 is 6.12. The van der Waals surface area contributed by atoms with E-state index in [-0.39, 0.29) is 35.2 Å². The molecule has 1 aromatic carbocycles. The molecular formula is C14H20ClFIN3. The zero-order valence-corrected chi connectivity index (χ0v) is 14.5. The van der Waals surface area contributed by atoms with Crippen molar-refractivity contribution in [1.82, 2.24) is 5.32 Å². The molecule has 1 fully saturated rings. The first kappa shape index (κ1) is 17.5. The molecule has 6 heteroatoms. The highest BCUT2D eigenvalue weighted by Gasteiger charge is 2.45. The summed E-state index contributed by atoms with van der Waals surface area (Å²) in [5, 5.41) is 3.52. The molecule has 0 amide bonds. The van der Waals surface area contributed by atoms with Crippen LogP contribution in [0.2, 0.25) is 5.02 Å². The number of rotatable bonds is 5. The molecule has 1 saturated carbocycles. The van der Waals surface area contributed by atoms with Gasteiger partial charge in [0.1, 0.15) is 5.82 Å². The summed E-state index contributed by atoms with van der Waals surface area (Å²) in [5.41, 5.74) is 6.70. The highest BCUT2D eigenvalue weighted by atomic mass is 127. The van der Waals surface area contributed by atoms with E-state index in [1.807, 2.05) is 0 Å². The fourth-order valence-corrected chi connectivity index (χ4v) is 2.50. The molecular weight excluding hydrogens is 392 g/mol. The third-order valence-electron chi connectivity index (χ3n) is 3.46. The second-order valence-electron chi connectivity index (χ2n) is 5.03. The van der Waals surface area contributed by atoms with Crippen LogP contribution in [-0.2, 0) is 5.41 Å². The quantitative estimate of drug-likeness (QED) is 0.443. The Morgan fingerprint density at radius 2 is 2.20 bits per heavy atom. The lowest BCUT2D eigenvalue weighted by atomic mass is 9.96. The Labute approximate surface area is 141 Å². The summed E-state index contributed by atoms with van der Waals surface area (Å²) < 4.78 is 13.1. The average Bonchev–Trinajstić information content (AvgIpc) is 3.15. The van der Waals surface area contributed by atoms with Gasteiger partial charge in [-0.05, 0) is 37.0 Å². The number of benzene rings is 1. The summed E-state index contributed by atoms with van der Waals surface area (Å²) in [4.78, 5) is 4.37. The molecule has 0 saturated heterocycles. The van der Waals surface area contributed by atoms with Crippen molar-refractivity contribution in [3.63, 3.8) is 0 Å². The second-order valence-corrected chi connectivity index (χ2v) is 5.44. The molecule has 0 aliphatic heterocycles. The Kier molecular flexibility index (Phi) is 6.51. The highest BCUT2D eigenvalue weighted by molar-refractivity contribution is 14.0. The number of hydrogen-bond acceptors (Lipinski definition) is 1. The number of halogens is 3. The zero-order chi connectivity index (χ0) is 13.9. The van der Waals surface area contributed by atoms with Crippen LogP contribution in [0.4, 0.5) is 4.39 Å². The summed E-state index contributed by atoms with van der Waals surface area (Å²) in [7, 11) is 0.